The first kappa shape index (κ1) is 17.4. The average molecular weight is 361 g/mol. The van der Waals surface area contributed by atoms with E-state index in [9.17, 15) is 9.50 Å². The molecule has 0 aliphatic carbocycles. The number of hydrogen-bond acceptors (Lipinski definition) is 3. The highest BCUT2D eigenvalue weighted by Crippen LogP contribution is 2.46. The molecule has 1 aromatic heterocycles. The molecule has 1 aliphatic heterocycles. The third-order valence-electron chi connectivity index (χ3n) is 5.37. The van der Waals surface area contributed by atoms with Crippen molar-refractivity contribution in [1.82, 2.24) is 9.55 Å². The summed E-state index contributed by atoms with van der Waals surface area (Å²) in [4.78, 5) is 4.18. The Bertz CT molecular complexity index is 1020. The molecule has 0 radical (unpaired) electrons. The molecule has 3 aromatic rings. The van der Waals surface area contributed by atoms with Crippen LogP contribution in [0.5, 0.6) is 0 Å². The summed E-state index contributed by atoms with van der Waals surface area (Å²) in [6, 6.07) is 14.0. The van der Waals surface area contributed by atoms with Crippen molar-refractivity contribution in [1.29, 1.82) is 5.26 Å². The van der Waals surface area contributed by atoms with Crippen LogP contribution in [0, 0.1) is 17.1 Å². The number of aryl methyl sites for hydroxylation is 1. The molecule has 0 spiro atoms. The van der Waals surface area contributed by atoms with Gasteiger partial charge in [-0.25, -0.2) is 9.37 Å². The van der Waals surface area contributed by atoms with Crippen LogP contribution >= 0.6 is 0 Å². The van der Waals surface area contributed by atoms with Crippen LogP contribution < -0.4 is 0 Å². The maximum Gasteiger partial charge on any atom is 0.133 e. The molecule has 0 fully saturated rings. The van der Waals surface area contributed by atoms with E-state index in [2.05, 4.69) is 11.9 Å². The van der Waals surface area contributed by atoms with Crippen molar-refractivity contribution < 1.29 is 9.50 Å². The Hall–Kier alpha value is -2.97. The van der Waals surface area contributed by atoms with Gasteiger partial charge in [-0.2, -0.15) is 5.26 Å². The minimum absolute atomic E-state index is 0.280. The SMILES string of the molecule is CCCc1ccc(C2(O)CC(c3ccc(C#N)cc3F)n3cncc32)cc1. The van der Waals surface area contributed by atoms with E-state index in [1.54, 1.807) is 24.7 Å². The summed E-state index contributed by atoms with van der Waals surface area (Å²) < 4.78 is 16.4. The number of aliphatic hydroxyl groups is 1. The lowest BCUT2D eigenvalue weighted by Gasteiger charge is -2.23. The zero-order valence-corrected chi connectivity index (χ0v) is 15.1. The van der Waals surface area contributed by atoms with Crippen LogP contribution in [0.15, 0.2) is 55.0 Å². The van der Waals surface area contributed by atoms with E-state index in [4.69, 9.17) is 5.26 Å². The number of aromatic nitrogens is 2. The van der Waals surface area contributed by atoms with E-state index in [1.165, 1.54) is 11.6 Å². The zero-order valence-electron chi connectivity index (χ0n) is 15.1. The molecular formula is C22H20FN3O. The number of halogens is 1. The molecule has 2 unspecified atom stereocenters. The summed E-state index contributed by atoms with van der Waals surface area (Å²) in [5.41, 5.74) is 2.16. The van der Waals surface area contributed by atoms with Crippen LogP contribution in [0.1, 0.15) is 53.8 Å². The lowest BCUT2D eigenvalue weighted by Crippen LogP contribution is -2.24. The van der Waals surface area contributed by atoms with Crippen LogP contribution in [-0.4, -0.2) is 14.7 Å². The Morgan fingerprint density at radius 1 is 1.30 bits per heavy atom. The number of nitriles is 1. The first-order valence-electron chi connectivity index (χ1n) is 9.10. The van der Waals surface area contributed by atoms with Crippen molar-refractivity contribution in [3.05, 3.63) is 88.8 Å². The smallest absolute Gasteiger partial charge is 0.133 e. The maximum atomic E-state index is 14.6. The Balaban J connectivity index is 1.74. The van der Waals surface area contributed by atoms with Gasteiger partial charge in [0.25, 0.3) is 0 Å². The number of fused-ring (bicyclic) bond motifs is 1. The van der Waals surface area contributed by atoms with Gasteiger partial charge >= 0.3 is 0 Å². The molecule has 2 heterocycles. The molecule has 0 bridgehead atoms. The van der Waals surface area contributed by atoms with Crippen LogP contribution in [0.25, 0.3) is 0 Å². The molecule has 1 aliphatic rings. The van der Waals surface area contributed by atoms with Gasteiger partial charge in [-0.1, -0.05) is 43.7 Å². The fourth-order valence-corrected chi connectivity index (χ4v) is 3.98. The summed E-state index contributed by atoms with van der Waals surface area (Å²) in [6.45, 7) is 2.13. The van der Waals surface area contributed by atoms with Crippen molar-refractivity contribution >= 4 is 0 Å². The number of imidazole rings is 1. The molecule has 0 saturated carbocycles. The van der Waals surface area contributed by atoms with Crippen molar-refractivity contribution in [2.75, 3.05) is 0 Å². The van der Waals surface area contributed by atoms with Gasteiger partial charge in [0.05, 0.1) is 35.9 Å². The summed E-state index contributed by atoms with van der Waals surface area (Å²) in [5.74, 6) is -0.443. The van der Waals surface area contributed by atoms with Crippen molar-refractivity contribution in [2.24, 2.45) is 0 Å². The second kappa shape index (κ2) is 6.64. The predicted molar refractivity (Wildman–Crippen MR) is 99.5 cm³/mol. The summed E-state index contributed by atoms with van der Waals surface area (Å²) in [7, 11) is 0. The van der Waals surface area contributed by atoms with Gasteiger partial charge in [0.1, 0.15) is 11.4 Å². The Kier molecular flexibility index (Phi) is 4.29. The Morgan fingerprint density at radius 3 is 2.74 bits per heavy atom. The highest BCUT2D eigenvalue weighted by atomic mass is 19.1. The number of hydrogen-bond donors (Lipinski definition) is 1. The zero-order chi connectivity index (χ0) is 19.0. The molecule has 1 N–H and O–H groups in total. The van der Waals surface area contributed by atoms with E-state index >= 15 is 0 Å². The van der Waals surface area contributed by atoms with Gasteiger partial charge in [0, 0.05) is 12.0 Å². The minimum Gasteiger partial charge on any atom is -0.379 e. The molecule has 0 amide bonds. The van der Waals surface area contributed by atoms with E-state index in [1.807, 2.05) is 34.9 Å². The predicted octanol–water partition coefficient (Wildman–Crippen LogP) is 4.08. The van der Waals surface area contributed by atoms with Gasteiger partial charge in [0.15, 0.2) is 0 Å². The molecular weight excluding hydrogens is 341 g/mol. The van der Waals surface area contributed by atoms with E-state index in [-0.39, 0.29) is 11.6 Å². The highest BCUT2D eigenvalue weighted by molar-refractivity contribution is 5.41. The topological polar surface area (TPSA) is 61.8 Å². The first-order valence-corrected chi connectivity index (χ1v) is 9.10. The van der Waals surface area contributed by atoms with Crippen LogP contribution in [-0.2, 0) is 12.0 Å². The van der Waals surface area contributed by atoms with Gasteiger partial charge in [0.2, 0.25) is 0 Å². The van der Waals surface area contributed by atoms with Crippen molar-refractivity contribution in [3.8, 4) is 6.07 Å². The normalized spacial score (nSPS) is 21.0. The van der Waals surface area contributed by atoms with Crippen LogP contribution in [0.3, 0.4) is 0 Å². The second-order valence-corrected chi connectivity index (χ2v) is 7.06. The largest absolute Gasteiger partial charge is 0.379 e. The summed E-state index contributed by atoms with van der Waals surface area (Å²) in [6.07, 6.45) is 5.65. The molecule has 4 rings (SSSR count). The molecule has 27 heavy (non-hydrogen) atoms. The Labute approximate surface area is 157 Å². The van der Waals surface area contributed by atoms with E-state index < -0.39 is 11.4 Å². The molecule has 2 aromatic carbocycles. The molecule has 0 saturated heterocycles. The molecule has 2 atom stereocenters. The Morgan fingerprint density at radius 2 is 2.07 bits per heavy atom. The number of benzene rings is 2. The molecule has 4 nitrogen and oxygen atoms in total. The first-order chi connectivity index (χ1) is 13.1. The van der Waals surface area contributed by atoms with Gasteiger partial charge < -0.3 is 9.67 Å². The van der Waals surface area contributed by atoms with Gasteiger partial charge in [-0.3, -0.25) is 0 Å². The third-order valence-corrected chi connectivity index (χ3v) is 5.37. The number of nitrogens with zero attached hydrogens (tertiary/aromatic N) is 3. The summed E-state index contributed by atoms with van der Waals surface area (Å²) >= 11 is 0. The minimum atomic E-state index is -1.23. The lowest BCUT2D eigenvalue weighted by molar-refractivity contribution is 0.0792. The highest BCUT2D eigenvalue weighted by Gasteiger charge is 2.45. The quantitative estimate of drug-likeness (QED) is 0.762. The fourth-order valence-electron chi connectivity index (χ4n) is 3.98. The van der Waals surface area contributed by atoms with E-state index in [0.29, 0.717) is 17.7 Å². The van der Waals surface area contributed by atoms with E-state index in [0.717, 1.165) is 18.4 Å². The average Bonchev–Trinajstić information content (AvgIpc) is 3.26. The second-order valence-electron chi connectivity index (χ2n) is 7.06. The van der Waals surface area contributed by atoms with Crippen molar-refractivity contribution in [3.63, 3.8) is 0 Å². The molecule has 136 valence electrons. The number of rotatable bonds is 4. The van der Waals surface area contributed by atoms with Crippen LogP contribution in [0.2, 0.25) is 0 Å². The lowest BCUT2D eigenvalue weighted by atomic mass is 9.86. The standard InChI is InChI=1S/C22H20FN3O/c1-2-3-15-4-7-17(8-5-15)22(27)11-20(26-14-25-13-21(22)26)18-9-6-16(12-24)10-19(18)23/h4-10,13-14,20,27H,2-3,11H2,1H3. The molecule has 5 heteroatoms. The fraction of sp³-hybridized carbons (Fsp3) is 0.273. The third kappa shape index (κ3) is 2.83. The summed E-state index contributed by atoms with van der Waals surface area (Å²) in [5, 5.41) is 20.5. The monoisotopic (exact) mass is 361 g/mol. The van der Waals surface area contributed by atoms with Gasteiger partial charge in [-0.05, 0) is 29.7 Å². The maximum absolute atomic E-state index is 14.6. The van der Waals surface area contributed by atoms with Crippen molar-refractivity contribution in [2.45, 2.75) is 37.8 Å². The van der Waals surface area contributed by atoms with Gasteiger partial charge in [-0.15, -0.1) is 0 Å². The van der Waals surface area contributed by atoms with Crippen LogP contribution in [0.4, 0.5) is 4.39 Å².